The van der Waals surface area contributed by atoms with Gasteiger partial charge in [0.05, 0.1) is 13.2 Å². The molecule has 78 valence electrons. The molecule has 0 bridgehead atoms. The predicted octanol–water partition coefficient (Wildman–Crippen LogP) is 0.564. The normalized spacial score (nSPS) is 11.4. The molecule has 0 saturated carbocycles. The topological polar surface area (TPSA) is 47.6 Å². The number of methoxy groups -OCH3 is 1. The number of ether oxygens (including phenoxy) is 2. The van der Waals surface area contributed by atoms with Crippen molar-refractivity contribution < 1.29 is 14.3 Å². The lowest BCUT2D eigenvalue weighted by atomic mass is 10.1. The minimum absolute atomic E-state index is 0.230. The highest BCUT2D eigenvalue weighted by atomic mass is 16.5. The van der Waals surface area contributed by atoms with Crippen molar-refractivity contribution in [1.82, 2.24) is 5.32 Å². The Balaban J connectivity index is 3.83. The van der Waals surface area contributed by atoms with Gasteiger partial charge in [-0.3, -0.25) is 4.79 Å². The van der Waals surface area contributed by atoms with Crippen LogP contribution in [0.2, 0.25) is 0 Å². The lowest BCUT2D eigenvalue weighted by molar-refractivity contribution is -0.149. The van der Waals surface area contributed by atoms with Crippen molar-refractivity contribution in [3.05, 3.63) is 0 Å². The third kappa shape index (κ3) is 4.85. The second-order valence-electron chi connectivity index (χ2n) is 3.27. The maximum Gasteiger partial charge on any atom is 0.325 e. The fourth-order valence-electron chi connectivity index (χ4n) is 0.849. The van der Waals surface area contributed by atoms with Crippen LogP contribution in [0.25, 0.3) is 0 Å². The van der Waals surface area contributed by atoms with Crippen LogP contribution in [-0.2, 0) is 14.3 Å². The maximum absolute atomic E-state index is 11.3. The van der Waals surface area contributed by atoms with E-state index in [1.54, 1.807) is 27.9 Å². The van der Waals surface area contributed by atoms with E-state index in [4.69, 9.17) is 9.47 Å². The monoisotopic (exact) mass is 189 g/mol. The summed E-state index contributed by atoms with van der Waals surface area (Å²) < 4.78 is 9.76. The SMILES string of the molecule is CCOC(=O)C(C)(C)NCCOC. The first-order valence-electron chi connectivity index (χ1n) is 4.45. The van der Waals surface area contributed by atoms with Crippen molar-refractivity contribution in [2.45, 2.75) is 26.3 Å². The van der Waals surface area contributed by atoms with Crippen molar-refractivity contribution in [2.24, 2.45) is 0 Å². The van der Waals surface area contributed by atoms with Gasteiger partial charge in [-0.15, -0.1) is 0 Å². The average molecular weight is 189 g/mol. The van der Waals surface area contributed by atoms with Gasteiger partial charge >= 0.3 is 5.97 Å². The summed E-state index contributed by atoms with van der Waals surface area (Å²) in [6.45, 7) is 7.02. The van der Waals surface area contributed by atoms with Gasteiger partial charge in [0.1, 0.15) is 5.54 Å². The van der Waals surface area contributed by atoms with Crippen LogP contribution in [0.3, 0.4) is 0 Å². The summed E-state index contributed by atoms with van der Waals surface area (Å²) in [4.78, 5) is 11.3. The summed E-state index contributed by atoms with van der Waals surface area (Å²) in [5.41, 5.74) is -0.630. The molecule has 4 heteroatoms. The summed E-state index contributed by atoms with van der Waals surface area (Å²) in [7, 11) is 1.62. The molecule has 0 saturated heterocycles. The summed E-state index contributed by atoms with van der Waals surface area (Å²) in [6.07, 6.45) is 0. The standard InChI is InChI=1S/C9H19NO3/c1-5-13-8(11)9(2,3)10-6-7-12-4/h10H,5-7H2,1-4H3. The number of esters is 1. The van der Waals surface area contributed by atoms with Gasteiger partial charge in [-0.1, -0.05) is 0 Å². The second-order valence-corrected chi connectivity index (χ2v) is 3.27. The first kappa shape index (κ1) is 12.4. The minimum Gasteiger partial charge on any atom is -0.465 e. The Kier molecular flexibility index (Phi) is 5.66. The minimum atomic E-state index is -0.630. The molecule has 0 unspecified atom stereocenters. The Hall–Kier alpha value is -0.610. The lowest BCUT2D eigenvalue weighted by Gasteiger charge is -2.23. The number of nitrogens with one attached hydrogen (secondary N) is 1. The Morgan fingerprint density at radius 2 is 2.08 bits per heavy atom. The van der Waals surface area contributed by atoms with E-state index < -0.39 is 5.54 Å². The van der Waals surface area contributed by atoms with Gasteiger partial charge < -0.3 is 14.8 Å². The van der Waals surface area contributed by atoms with Gasteiger partial charge in [0.2, 0.25) is 0 Å². The zero-order valence-electron chi connectivity index (χ0n) is 8.85. The molecule has 0 aromatic heterocycles. The molecule has 0 fully saturated rings. The van der Waals surface area contributed by atoms with Crippen molar-refractivity contribution in [2.75, 3.05) is 26.9 Å². The largest absolute Gasteiger partial charge is 0.465 e. The van der Waals surface area contributed by atoms with E-state index in [1.807, 2.05) is 0 Å². The highest BCUT2D eigenvalue weighted by molar-refractivity contribution is 5.79. The fourth-order valence-corrected chi connectivity index (χ4v) is 0.849. The van der Waals surface area contributed by atoms with E-state index in [0.717, 1.165) is 0 Å². The molecule has 0 heterocycles. The van der Waals surface area contributed by atoms with Crippen LogP contribution in [0, 0.1) is 0 Å². The summed E-state index contributed by atoms with van der Waals surface area (Å²) in [5.74, 6) is -0.230. The van der Waals surface area contributed by atoms with Crippen molar-refractivity contribution in [3.8, 4) is 0 Å². The first-order chi connectivity index (χ1) is 6.04. The molecule has 13 heavy (non-hydrogen) atoms. The average Bonchev–Trinajstić information content (AvgIpc) is 2.05. The van der Waals surface area contributed by atoms with Gasteiger partial charge in [-0.2, -0.15) is 0 Å². The highest BCUT2D eigenvalue weighted by Crippen LogP contribution is 2.04. The molecular formula is C9H19NO3. The smallest absolute Gasteiger partial charge is 0.325 e. The van der Waals surface area contributed by atoms with Crippen molar-refractivity contribution in [3.63, 3.8) is 0 Å². The number of rotatable bonds is 6. The first-order valence-corrected chi connectivity index (χ1v) is 4.45. The maximum atomic E-state index is 11.3. The summed E-state index contributed by atoms with van der Waals surface area (Å²) >= 11 is 0. The zero-order chi connectivity index (χ0) is 10.3. The van der Waals surface area contributed by atoms with Crippen LogP contribution >= 0.6 is 0 Å². The number of carbonyl (C=O) groups is 1. The van der Waals surface area contributed by atoms with E-state index in [1.165, 1.54) is 0 Å². The van der Waals surface area contributed by atoms with Crippen LogP contribution in [0.1, 0.15) is 20.8 Å². The van der Waals surface area contributed by atoms with Gasteiger partial charge in [0.15, 0.2) is 0 Å². The van der Waals surface area contributed by atoms with Crippen molar-refractivity contribution in [1.29, 1.82) is 0 Å². The summed E-state index contributed by atoms with van der Waals surface area (Å²) in [5, 5.41) is 3.04. The van der Waals surface area contributed by atoms with Crippen LogP contribution in [0.15, 0.2) is 0 Å². The van der Waals surface area contributed by atoms with E-state index >= 15 is 0 Å². The molecular weight excluding hydrogens is 170 g/mol. The third-order valence-electron chi connectivity index (χ3n) is 1.66. The van der Waals surface area contributed by atoms with Crippen LogP contribution in [0.4, 0.5) is 0 Å². The molecule has 1 N–H and O–H groups in total. The van der Waals surface area contributed by atoms with Crippen molar-refractivity contribution >= 4 is 5.97 Å². The Bertz CT molecular complexity index is 157. The van der Waals surface area contributed by atoms with Crippen LogP contribution in [-0.4, -0.2) is 38.4 Å². The van der Waals surface area contributed by atoms with Gasteiger partial charge in [0.25, 0.3) is 0 Å². The second kappa shape index (κ2) is 5.94. The highest BCUT2D eigenvalue weighted by Gasteiger charge is 2.27. The molecule has 0 aromatic carbocycles. The molecule has 0 aliphatic heterocycles. The molecule has 0 rings (SSSR count). The third-order valence-corrected chi connectivity index (χ3v) is 1.66. The molecule has 0 spiro atoms. The van der Waals surface area contributed by atoms with E-state index in [-0.39, 0.29) is 5.97 Å². The van der Waals surface area contributed by atoms with Gasteiger partial charge in [-0.25, -0.2) is 0 Å². The number of hydrogen-bond donors (Lipinski definition) is 1. The number of hydrogen-bond acceptors (Lipinski definition) is 4. The lowest BCUT2D eigenvalue weighted by Crippen LogP contribution is -2.48. The molecule has 0 atom stereocenters. The molecule has 0 radical (unpaired) electrons. The van der Waals surface area contributed by atoms with Gasteiger partial charge in [-0.05, 0) is 20.8 Å². The molecule has 0 aromatic rings. The molecule has 4 nitrogen and oxygen atoms in total. The molecule has 0 amide bonds. The van der Waals surface area contributed by atoms with Gasteiger partial charge in [0, 0.05) is 13.7 Å². The predicted molar refractivity (Wildman–Crippen MR) is 50.6 cm³/mol. The Labute approximate surface area is 79.6 Å². The summed E-state index contributed by atoms with van der Waals surface area (Å²) in [6, 6.07) is 0. The Morgan fingerprint density at radius 3 is 2.54 bits per heavy atom. The molecule has 0 aliphatic carbocycles. The van der Waals surface area contributed by atoms with Crippen LogP contribution in [0.5, 0.6) is 0 Å². The fraction of sp³-hybridized carbons (Fsp3) is 0.889. The molecule has 0 aliphatic rings. The van der Waals surface area contributed by atoms with E-state index in [9.17, 15) is 4.79 Å². The van der Waals surface area contributed by atoms with E-state index in [0.29, 0.717) is 19.8 Å². The van der Waals surface area contributed by atoms with Crippen LogP contribution < -0.4 is 5.32 Å². The zero-order valence-corrected chi connectivity index (χ0v) is 8.85. The Morgan fingerprint density at radius 1 is 1.46 bits per heavy atom. The van der Waals surface area contributed by atoms with E-state index in [2.05, 4.69) is 5.32 Å². The number of carbonyl (C=O) groups excluding carboxylic acids is 1. The quantitative estimate of drug-likeness (QED) is 0.490.